The van der Waals surface area contributed by atoms with Gasteiger partial charge in [0.1, 0.15) is 11.4 Å². The SMILES string of the molecule is COc1ccc(C(=O)N/C(=C\c2cccs2)C(=O)N[C@H]2C[C@H]3CC[C@@H]2C3)cc1. The van der Waals surface area contributed by atoms with E-state index in [0.717, 1.165) is 17.2 Å². The number of benzene rings is 1. The molecule has 1 aromatic carbocycles. The third-order valence-electron chi connectivity index (χ3n) is 5.73. The van der Waals surface area contributed by atoms with Gasteiger partial charge in [-0.15, -0.1) is 11.3 Å². The fourth-order valence-electron chi connectivity index (χ4n) is 4.28. The molecular formula is C22H24N2O3S. The van der Waals surface area contributed by atoms with Crippen LogP contribution in [-0.2, 0) is 4.79 Å². The maximum atomic E-state index is 13.0. The van der Waals surface area contributed by atoms with Crippen molar-refractivity contribution in [1.29, 1.82) is 0 Å². The van der Waals surface area contributed by atoms with Crippen LogP contribution in [0.2, 0.25) is 0 Å². The Balaban J connectivity index is 1.50. The molecule has 0 spiro atoms. The van der Waals surface area contributed by atoms with Crippen molar-refractivity contribution < 1.29 is 14.3 Å². The Hall–Kier alpha value is -2.60. The highest BCUT2D eigenvalue weighted by molar-refractivity contribution is 7.10. The molecule has 0 saturated heterocycles. The molecule has 28 heavy (non-hydrogen) atoms. The predicted molar refractivity (Wildman–Crippen MR) is 110 cm³/mol. The average molecular weight is 397 g/mol. The molecule has 2 aromatic rings. The summed E-state index contributed by atoms with van der Waals surface area (Å²) in [5.74, 6) is 1.48. The van der Waals surface area contributed by atoms with E-state index < -0.39 is 0 Å². The second-order valence-electron chi connectivity index (χ2n) is 7.51. The largest absolute Gasteiger partial charge is 0.497 e. The van der Waals surface area contributed by atoms with E-state index in [1.807, 2.05) is 17.5 Å². The van der Waals surface area contributed by atoms with Crippen molar-refractivity contribution in [2.75, 3.05) is 7.11 Å². The van der Waals surface area contributed by atoms with E-state index in [1.165, 1.54) is 30.6 Å². The molecule has 2 N–H and O–H groups in total. The zero-order valence-corrected chi connectivity index (χ0v) is 16.6. The molecule has 4 rings (SSSR count). The highest BCUT2D eigenvalue weighted by Gasteiger charge is 2.40. The smallest absolute Gasteiger partial charge is 0.268 e. The van der Waals surface area contributed by atoms with Crippen LogP contribution in [0.15, 0.2) is 47.5 Å². The lowest BCUT2D eigenvalue weighted by molar-refractivity contribution is -0.118. The predicted octanol–water partition coefficient (Wildman–Crippen LogP) is 3.83. The monoisotopic (exact) mass is 396 g/mol. The minimum absolute atomic E-state index is 0.215. The van der Waals surface area contributed by atoms with Crippen molar-refractivity contribution in [1.82, 2.24) is 10.6 Å². The number of ether oxygens (including phenoxy) is 1. The van der Waals surface area contributed by atoms with Gasteiger partial charge in [-0.25, -0.2) is 0 Å². The highest BCUT2D eigenvalue weighted by Crippen LogP contribution is 2.44. The van der Waals surface area contributed by atoms with Crippen molar-refractivity contribution in [3.8, 4) is 5.75 Å². The molecule has 0 aliphatic heterocycles. The maximum Gasteiger partial charge on any atom is 0.268 e. The lowest BCUT2D eigenvalue weighted by atomic mass is 9.95. The summed E-state index contributed by atoms with van der Waals surface area (Å²) in [6, 6.07) is 10.9. The van der Waals surface area contributed by atoms with Crippen molar-refractivity contribution >= 4 is 29.2 Å². The Bertz CT molecular complexity index is 874. The van der Waals surface area contributed by atoms with Crippen LogP contribution >= 0.6 is 11.3 Å². The molecule has 2 fully saturated rings. The van der Waals surface area contributed by atoms with Gasteiger partial charge in [0.25, 0.3) is 11.8 Å². The summed E-state index contributed by atoms with van der Waals surface area (Å²) in [5.41, 5.74) is 0.761. The van der Waals surface area contributed by atoms with Gasteiger partial charge in [0.05, 0.1) is 7.11 Å². The zero-order valence-electron chi connectivity index (χ0n) is 15.8. The molecule has 2 aliphatic carbocycles. The Morgan fingerprint density at radius 2 is 1.96 bits per heavy atom. The van der Waals surface area contributed by atoms with Gasteiger partial charge >= 0.3 is 0 Å². The molecule has 2 saturated carbocycles. The first-order valence-corrected chi connectivity index (χ1v) is 10.5. The van der Waals surface area contributed by atoms with Crippen LogP contribution < -0.4 is 15.4 Å². The van der Waals surface area contributed by atoms with Crippen LogP contribution in [0.3, 0.4) is 0 Å². The van der Waals surface area contributed by atoms with Crippen molar-refractivity contribution in [2.24, 2.45) is 11.8 Å². The Kier molecular flexibility index (Phi) is 5.48. The molecule has 6 heteroatoms. The molecule has 1 heterocycles. The number of carbonyl (C=O) groups is 2. The summed E-state index contributed by atoms with van der Waals surface area (Å²) in [7, 11) is 1.58. The first kappa shape index (κ1) is 18.7. The third kappa shape index (κ3) is 4.12. The normalized spacial score (nSPS) is 23.5. The van der Waals surface area contributed by atoms with Crippen LogP contribution in [0.5, 0.6) is 5.75 Å². The highest BCUT2D eigenvalue weighted by atomic mass is 32.1. The number of carbonyl (C=O) groups excluding carboxylic acids is 2. The molecule has 146 valence electrons. The van der Waals surface area contributed by atoms with Gasteiger partial charge in [-0.3, -0.25) is 9.59 Å². The van der Waals surface area contributed by atoms with E-state index in [0.29, 0.717) is 17.2 Å². The molecule has 5 nitrogen and oxygen atoms in total. The number of hydrogen-bond donors (Lipinski definition) is 2. The van der Waals surface area contributed by atoms with Crippen molar-refractivity contribution in [3.63, 3.8) is 0 Å². The van der Waals surface area contributed by atoms with E-state index in [4.69, 9.17) is 4.74 Å². The zero-order chi connectivity index (χ0) is 19.5. The molecule has 2 bridgehead atoms. The number of nitrogens with one attached hydrogen (secondary N) is 2. The number of fused-ring (bicyclic) bond motifs is 2. The standard InChI is InChI=1S/C22H24N2O3S/c1-27-17-8-6-15(7-9-17)21(25)24-20(13-18-3-2-10-28-18)22(26)23-19-12-14-4-5-16(19)11-14/h2-3,6-10,13-14,16,19H,4-5,11-12H2,1H3,(H,23,26)(H,24,25)/b20-13-/t14-,16+,19-/m0/s1. The van der Waals surface area contributed by atoms with Crippen LogP contribution in [0.25, 0.3) is 6.08 Å². The molecular weight excluding hydrogens is 372 g/mol. The summed E-state index contributed by atoms with van der Waals surface area (Å²) >= 11 is 1.53. The van der Waals surface area contributed by atoms with E-state index in [-0.39, 0.29) is 23.6 Å². The molecule has 2 amide bonds. The summed E-state index contributed by atoms with van der Waals surface area (Å²) in [5, 5.41) is 7.91. The molecule has 1 aromatic heterocycles. The van der Waals surface area contributed by atoms with Crippen LogP contribution in [-0.4, -0.2) is 25.0 Å². The van der Waals surface area contributed by atoms with Gasteiger partial charge in [0, 0.05) is 16.5 Å². The molecule has 2 aliphatic rings. The van der Waals surface area contributed by atoms with Crippen LogP contribution in [0, 0.1) is 11.8 Å². The maximum absolute atomic E-state index is 13.0. The van der Waals surface area contributed by atoms with Gasteiger partial charge < -0.3 is 15.4 Å². The Labute approximate surface area is 168 Å². The average Bonchev–Trinajstić information content (AvgIpc) is 3.46. The van der Waals surface area contributed by atoms with Crippen molar-refractivity contribution in [2.45, 2.75) is 31.7 Å². The van der Waals surface area contributed by atoms with Gasteiger partial charge in [-0.05, 0) is 72.9 Å². The Morgan fingerprint density at radius 3 is 2.57 bits per heavy atom. The summed E-state index contributed by atoms with van der Waals surface area (Å²) < 4.78 is 5.13. The van der Waals surface area contributed by atoms with E-state index >= 15 is 0 Å². The van der Waals surface area contributed by atoms with Crippen molar-refractivity contribution in [3.05, 3.63) is 57.9 Å². The van der Waals surface area contributed by atoms with Gasteiger partial charge in [-0.2, -0.15) is 0 Å². The lowest BCUT2D eigenvalue weighted by Gasteiger charge is -2.23. The number of methoxy groups -OCH3 is 1. The number of rotatable bonds is 6. The number of thiophene rings is 1. The van der Waals surface area contributed by atoms with Crippen LogP contribution in [0.1, 0.15) is 40.9 Å². The number of amides is 2. The third-order valence-corrected chi connectivity index (χ3v) is 6.55. The second kappa shape index (κ2) is 8.19. The molecule has 3 atom stereocenters. The minimum atomic E-state index is -0.312. The summed E-state index contributed by atoms with van der Waals surface area (Å²) in [6.07, 6.45) is 6.48. The fourth-order valence-corrected chi connectivity index (χ4v) is 4.94. The second-order valence-corrected chi connectivity index (χ2v) is 8.49. The van der Waals surface area contributed by atoms with Gasteiger partial charge in [-0.1, -0.05) is 12.5 Å². The van der Waals surface area contributed by atoms with Gasteiger partial charge in [0.15, 0.2) is 0 Å². The molecule has 0 unspecified atom stereocenters. The topological polar surface area (TPSA) is 67.4 Å². The molecule has 0 radical (unpaired) electrons. The number of hydrogen-bond acceptors (Lipinski definition) is 4. The Morgan fingerprint density at radius 1 is 1.14 bits per heavy atom. The summed E-state index contributed by atoms with van der Waals surface area (Å²) in [4.78, 5) is 26.6. The lowest BCUT2D eigenvalue weighted by Crippen LogP contribution is -2.42. The fraction of sp³-hybridized carbons (Fsp3) is 0.364. The van der Waals surface area contributed by atoms with Crippen LogP contribution in [0.4, 0.5) is 0 Å². The minimum Gasteiger partial charge on any atom is -0.497 e. The van der Waals surface area contributed by atoms with Gasteiger partial charge in [0.2, 0.25) is 0 Å². The van der Waals surface area contributed by atoms with E-state index in [2.05, 4.69) is 10.6 Å². The van der Waals surface area contributed by atoms with E-state index in [9.17, 15) is 9.59 Å². The quantitative estimate of drug-likeness (QED) is 0.729. The first-order chi connectivity index (χ1) is 13.6. The first-order valence-electron chi connectivity index (χ1n) is 9.64. The summed E-state index contributed by atoms with van der Waals surface area (Å²) in [6.45, 7) is 0. The van der Waals surface area contributed by atoms with E-state index in [1.54, 1.807) is 37.5 Å².